The van der Waals surface area contributed by atoms with Crippen LogP contribution in [0.5, 0.6) is 0 Å². The predicted octanol–water partition coefficient (Wildman–Crippen LogP) is 2.91. The van der Waals surface area contributed by atoms with Gasteiger partial charge in [0.05, 0.1) is 5.56 Å². The third kappa shape index (κ3) is 2.84. The van der Waals surface area contributed by atoms with Crippen LogP contribution in [0, 0.1) is 5.41 Å². The van der Waals surface area contributed by atoms with Gasteiger partial charge in [-0.15, -0.1) is 0 Å². The smallest absolute Gasteiger partial charge is 0.260 e. The molecule has 0 amide bonds. The summed E-state index contributed by atoms with van der Waals surface area (Å²) in [4.78, 5) is 4.37. The van der Waals surface area contributed by atoms with E-state index >= 15 is 0 Å². The molecule has 0 aliphatic heterocycles. The average molecular weight is 231 g/mol. The predicted molar refractivity (Wildman–Crippen MR) is 67.3 cm³/mol. The Balaban J connectivity index is 2.28. The Morgan fingerprint density at radius 3 is 2.59 bits per heavy atom. The molecule has 0 unspecified atom stereocenters. The van der Waals surface area contributed by atoms with Crippen LogP contribution in [0.4, 0.5) is 5.69 Å². The van der Waals surface area contributed by atoms with E-state index in [-0.39, 0.29) is 5.41 Å². The van der Waals surface area contributed by atoms with E-state index in [1.54, 1.807) is 0 Å². The largest absolute Gasteiger partial charge is 0.398 e. The number of hydrogen-bond acceptors (Lipinski definition) is 4. The van der Waals surface area contributed by atoms with Gasteiger partial charge in [-0.05, 0) is 17.5 Å². The van der Waals surface area contributed by atoms with Gasteiger partial charge in [0.25, 0.3) is 5.89 Å². The number of rotatable bonds is 2. The van der Waals surface area contributed by atoms with Crippen molar-refractivity contribution in [2.45, 2.75) is 27.2 Å². The summed E-state index contributed by atoms with van der Waals surface area (Å²) < 4.78 is 5.24. The maximum atomic E-state index is 5.86. The molecule has 0 atom stereocenters. The van der Waals surface area contributed by atoms with E-state index in [9.17, 15) is 0 Å². The highest BCUT2D eigenvalue weighted by atomic mass is 16.5. The van der Waals surface area contributed by atoms with Crippen LogP contribution in [0.3, 0.4) is 0 Å². The van der Waals surface area contributed by atoms with Gasteiger partial charge in [0.2, 0.25) is 0 Å². The minimum atomic E-state index is 0.142. The van der Waals surface area contributed by atoms with Gasteiger partial charge in [-0.2, -0.15) is 4.98 Å². The quantitative estimate of drug-likeness (QED) is 0.807. The summed E-state index contributed by atoms with van der Waals surface area (Å²) in [6.45, 7) is 6.42. The zero-order chi connectivity index (χ0) is 12.5. The Morgan fingerprint density at radius 2 is 1.94 bits per heavy atom. The van der Waals surface area contributed by atoms with E-state index in [2.05, 4.69) is 30.9 Å². The van der Waals surface area contributed by atoms with Gasteiger partial charge in [-0.3, -0.25) is 0 Å². The summed E-state index contributed by atoms with van der Waals surface area (Å²) in [5.41, 5.74) is 7.45. The molecule has 0 saturated heterocycles. The van der Waals surface area contributed by atoms with Crippen LogP contribution in [0.25, 0.3) is 11.5 Å². The Morgan fingerprint density at radius 1 is 1.24 bits per heavy atom. The van der Waals surface area contributed by atoms with Crippen molar-refractivity contribution < 1.29 is 4.52 Å². The van der Waals surface area contributed by atoms with Crippen LogP contribution in [0.1, 0.15) is 26.6 Å². The maximum Gasteiger partial charge on any atom is 0.260 e. The van der Waals surface area contributed by atoms with E-state index in [1.807, 2.05) is 24.3 Å². The standard InChI is InChI=1S/C13H17N3O/c1-13(2,3)8-11-15-12(17-16-11)9-6-4-5-7-10(9)14/h4-7H,8,14H2,1-3H3. The molecule has 90 valence electrons. The third-order valence-corrected chi connectivity index (χ3v) is 2.35. The summed E-state index contributed by atoms with van der Waals surface area (Å²) in [6, 6.07) is 7.48. The Bertz CT molecular complexity index is 511. The van der Waals surface area contributed by atoms with Gasteiger partial charge in [0.15, 0.2) is 5.82 Å². The zero-order valence-corrected chi connectivity index (χ0v) is 10.4. The molecule has 1 heterocycles. The Labute approximate surface area is 101 Å². The van der Waals surface area contributed by atoms with Crippen molar-refractivity contribution in [2.24, 2.45) is 5.41 Å². The lowest BCUT2D eigenvalue weighted by Crippen LogP contribution is -2.10. The third-order valence-electron chi connectivity index (χ3n) is 2.35. The topological polar surface area (TPSA) is 64.9 Å². The van der Waals surface area contributed by atoms with E-state index in [0.29, 0.717) is 11.6 Å². The number of nitrogens with zero attached hydrogens (tertiary/aromatic N) is 2. The van der Waals surface area contributed by atoms with Crippen LogP contribution in [0.2, 0.25) is 0 Å². The van der Waals surface area contributed by atoms with Gasteiger partial charge in [0.1, 0.15) is 0 Å². The Kier molecular flexibility index (Phi) is 2.88. The number of anilines is 1. The normalized spacial score (nSPS) is 11.7. The van der Waals surface area contributed by atoms with Gasteiger partial charge < -0.3 is 10.3 Å². The molecular formula is C13H17N3O. The van der Waals surface area contributed by atoms with E-state index in [0.717, 1.165) is 17.8 Å². The zero-order valence-electron chi connectivity index (χ0n) is 10.4. The van der Waals surface area contributed by atoms with Crippen molar-refractivity contribution in [3.8, 4) is 11.5 Å². The van der Waals surface area contributed by atoms with Crippen molar-refractivity contribution in [3.05, 3.63) is 30.1 Å². The van der Waals surface area contributed by atoms with Crippen LogP contribution in [-0.4, -0.2) is 10.1 Å². The van der Waals surface area contributed by atoms with Crippen molar-refractivity contribution in [1.82, 2.24) is 10.1 Å². The summed E-state index contributed by atoms with van der Waals surface area (Å²) >= 11 is 0. The van der Waals surface area contributed by atoms with Crippen LogP contribution < -0.4 is 5.73 Å². The summed E-state index contributed by atoms with van der Waals surface area (Å²) in [5, 5.41) is 3.98. The second-order valence-electron chi connectivity index (χ2n) is 5.34. The molecule has 0 aliphatic rings. The van der Waals surface area contributed by atoms with Crippen molar-refractivity contribution in [2.75, 3.05) is 5.73 Å². The molecule has 2 N–H and O–H groups in total. The van der Waals surface area contributed by atoms with Gasteiger partial charge in [0, 0.05) is 12.1 Å². The number of hydrogen-bond donors (Lipinski definition) is 1. The fraction of sp³-hybridized carbons (Fsp3) is 0.385. The Hall–Kier alpha value is -1.84. The summed E-state index contributed by atoms with van der Waals surface area (Å²) in [5.74, 6) is 1.21. The molecule has 0 radical (unpaired) electrons. The molecule has 0 spiro atoms. The molecule has 4 heteroatoms. The number of aromatic nitrogens is 2. The highest BCUT2D eigenvalue weighted by Crippen LogP contribution is 2.25. The molecule has 0 saturated carbocycles. The number of benzene rings is 1. The highest BCUT2D eigenvalue weighted by Gasteiger charge is 2.17. The number of nitrogens with two attached hydrogens (primary N) is 1. The minimum Gasteiger partial charge on any atom is -0.398 e. The number of nitrogen functional groups attached to an aromatic ring is 1. The first-order valence-corrected chi connectivity index (χ1v) is 5.63. The average Bonchev–Trinajstić information content (AvgIpc) is 2.64. The van der Waals surface area contributed by atoms with Crippen LogP contribution in [-0.2, 0) is 6.42 Å². The van der Waals surface area contributed by atoms with E-state index in [4.69, 9.17) is 10.3 Å². The molecular weight excluding hydrogens is 214 g/mol. The van der Waals surface area contributed by atoms with E-state index < -0.39 is 0 Å². The molecule has 0 aliphatic carbocycles. The van der Waals surface area contributed by atoms with Gasteiger partial charge in [-0.1, -0.05) is 38.1 Å². The van der Waals surface area contributed by atoms with E-state index in [1.165, 1.54) is 0 Å². The molecule has 0 bridgehead atoms. The lowest BCUT2D eigenvalue weighted by atomic mass is 9.92. The van der Waals surface area contributed by atoms with Gasteiger partial charge in [-0.25, -0.2) is 0 Å². The second kappa shape index (κ2) is 4.20. The molecule has 2 rings (SSSR count). The first kappa shape index (κ1) is 11.6. The SMILES string of the molecule is CC(C)(C)Cc1noc(-c2ccccc2N)n1. The molecule has 4 nitrogen and oxygen atoms in total. The maximum absolute atomic E-state index is 5.86. The second-order valence-corrected chi connectivity index (χ2v) is 5.34. The fourth-order valence-electron chi connectivity index (χ4n) is 1.60. The fourth-order valence-corrected chi connectivity index (χ4v) is 1.60. The summed E-state index contributed by atoms with van der Waals surface area (Å²) in [7, 11) is 0. The van der Waals surface area contributed by atoms with Crippen molar-refractivity contribution in [3.63, 3.8) is 0 Å². The first-order valence-electron chi connectivity index (χ1n) is 5.63. The van der Waals surface area contributed by atoms with Gasteiger partial charge >= 0.3 is 0 Å². The lowest BCUT2D eigenvalue weighted by molar-refractivity contribution is 0.374. The van der Waals surface area contributed by atoms with Crippen LogP contribution in [0.15, 0.2) is 28.8 Å². The minimum absolute atomic E-state index is 0.142. The molecule has 17 heavy (non-hydrogen) atoms. The summed E-state index contributed by atoms with van der Waals surface area (Å²) in [6.07, 6.45) is 0.781. The highest BCUT2D eigenvalue weighted by molar-refractivity contribution is 5.69. The first-order chi connectivity index (χ1) is 7.96. The molecule has 2 aromatic rings. The molecule has 0 fully saturated rings. The van der Waals surface area contributed by atoms with Crippen molar-refractivity contribution in [1.29, 1.82) is 0 Å². The van der Waals surface area contributed by atoms with Crippen molar-refractivity contribution >= 4 is 5.69 Å². The van der Waals surface area contributed by atoms with Crippen LogP contribution >= 0.6 is 0 Å². The molecule has 1 aromatic carbocycles. The lowest BCUT2D eigenvalue weighted by Gasteiger charge is -2.14. The number of para-hydroxylation sites is 1. The molecule has 1 aromatic heterocycles. The monoisotopic (exact) mass is 231 g/mol.